The molecular formula is C18H16F6N2O4. The van der Waals surface area contributed by atoms with E-state index >= 15 is 0 Å². The molecule has 6 nitrogen and oxygen atoms in total. The summed E-state index contributed by atoms with van der Waals surface area (Å²) in [6, 6.07) is 3.99. The smallest absolute Gasteiger partial charge is 0.421 e. The van der Waals surface area contributed by atoms with Gasteiger partial charge in [-0.2, -0.15) is 26.3 Å². The zero-order valence-electron chi connectivity index (χ0n) is 15.7. The van der Waals surface area contributed by atoms with Gasteiger partial charge in [0.2, 0.25) is 5.78 Å². The number of fused-ring (bicyclic) bond motifs is 1. The Morgan fingerprint density at radius 1 is 1.03 bits per heavy atom. The van der Waals surface area contributed by atoms with Crippen molar-refractivity contribution >= 4 is 34.0 Å². The predicted octanol–water partition coefficient (Wildman–Crippen LogP) is 3.81. The lowest BCUT2D eigenvalue weighted by molar-refractivity contribution is -0.170. The van der Waals surface area contributed by atoms with Crippen molar-refractivity contribution in [3.63, 3.8) is 0 Å². The highest BCUT2D eigenvalue weighted by molar-refractivity contribution is 6.00. The van der Waals surface area contributed by atoms with Gasteiger partial charge in [0.05, 0.1) is 0 Å². The monoisotopic (exact) mass is 438 g/mol. The average Bonchev–Trinajstić information content (AvgIpc) is 2.63. The first kappa shape index (κ1) is 23.2. The number of anilines is 2. The number of alkyl halides is 6. The number of amides is 1. The van der Waals surface area contributed by atoms with Gasteiger partial charge in [-0.15, -0.1) is 0 Å². The highest BCUT2D eigenvalue weighted by Crippen LogP contribution is 2.31. The van der Waals surface area contributed by atoms with Crippen molar-refractivity contribution in [1.29, 1.82) is 0 Å². The molecule has 0 saturated carbocycles. The first-order valence-electron chi connectivity index (χ1n) is 8.62. The molecule has 0 aliphatic heterocycles. The Morgan fingerprint density at radius 3 is 2.13 bits per heavy atom. The molecular weight excluding hydrogens is 422 g/mol. The van der Waals surface area contributed by atoms with Gasteiger partial charge in [0.15, 0.2) is 0 Å². The van der Waals surface area contributed by atoms with E-state index in [4.69, 9.17) is 4.42 Å². The van der Waals surface area contributed by atoms with Crippen LogP contribution in [0.15, 0.2) is 27.4 Å². The van der Waals surface area contributed by atoms with Crippen LogP contribution in [0, 0.1) is 0 Å². The molecule has 1 N–H and O–H groups in total. The number of Topliss-reactive ketones (excluding diaryl/α,β-unsaturated/α-hetero) is 1. The van der Waals surface area contributed by atoms with E-state index in [0.717, 1.165) is 0 Å². The van der Waals surface area contributed by atoms with Gasteiger partial charge in [0.25, 0.3) is 0 Å². The molecule has 0 fully saturated rings. The minimum absolute atomic E-state index is 0.208. The van der Waals surface area contributed by atoms with E-state index in [-0.39, 0.29) is 11.0 Å². The number of hydrogen-bond acceptors (Lipinski definition) is 5. The SMILES string of the molecule is CCN(CC)c1ccc2c(CC(=O)C(F)(F)F)c(NC(=O)C(F)(F)F)c(=O)oc2c1. The normalized spacial score (nSPS) is 12.1. The van der Waals surface area contributed by atoms with E-state index in [9.17, 15) is 40.7 Å². The van der Waals surface area contributed by atoms with Crippen LogP contribution >= 0.6 is 0 Å². The van der Waals surface area contributed by atoms with Crippen molar-refractivity contribution in [2.24, 2.45) is 0 Å². The number of nitrogens with one attached hydrogen (secondary N) is 1. The molecule has 2 aromatic rings. The van der Waals surface area contributed by atoms with E-state index in [1.807, 2.05) is 18.7 Å². The fourth-order valence-electron chi connectivity index (χ4n) is 2.79. The Bertz CT molecular complexity index is 1020. The zero-order chi connectivity index (χ0) is 22.9. The van der Waals surface area contributed by atoms with E-state index in [0.29, 0.717) is 18.8 Å². The van der Waals surface area contributed by atoms with Crippen LogP contribution in [0.1, 0.15) is 19.4 Å². The number of halogens is 6. The molecule has 1 heterocycles. The van der Waals surface area contributed by atoms with Gasteiger partial charge in [0.1, 0.15) is 11.3 Å². The first-order valence-corrected chi connectivity index (χ1v) is 8.62. The number of ketones is 1. The quantitative estimate of drug-likeness (QED) is 0.548. The van der Waals surface area contributed by atoms with Gasteiger partial charge in [-0.05, 0) is 26.0 Å². The van der Waals surface area contributed by atoms with Crippen molar-refractivity contribution in [1.82, 2.24) is 0 Å². The molecule has 0 bridgehead atoms. The summed E-state index contributed by atoms with van der Waals surface area (Å²) in [5.41, 5.74) is -3.10. The third-order valence-electron chi connectivity index (χ3n) is 4.28. The first-order chi connectivity index (χ1) is 13.8. The van der Waals surface area contributed by atoms with Crippen LogP contribution in [0.25, 0.3) is 11.0 Å². The van der Waals surface area contributed by atoms with Crippen LogP contribution < -0.4 is 15.8 Å². The third-order valence-corrected chi connectivity index (χ3v) is 4.28. The van der Waals surface area contributed by atoms with E-state index < -0.39 is 47.3 Å². The number of hydrogen-bond donors (Lipinski definition) is 1. The van der Waals surface area contributed by atoms with Crippen LogP contribution in [-0.2, 0) is 16.0 Å². The van der Waals surface area contributed by atoms with Crippen LogP contribution in [0.2, 0.25) is 0 Å². The van der Waals surface area contributed by atoms with E-state index in [1.165, 1.54) is 23.5 Å². The number of carbonyl (C=O) groups is 2. The largest absolute Gasteiger partial charge is 0.471 e. The third kappa shape index (κ3) is 4.92. The lowest BCUT2D eigenvalue weighted by Gasteiger charge is -2.21. The Hall–Kier alpha value is -3.05. The lowest BCUT2D eigenvalue weighted by Crippen LogP contribution is -2.33. The summed E-state index contributed by atoms with van der Waals surface area (Å²) in [6.07, 6.45) is -12.2. The fourth-order valence-corrected chi connectivity index (χ4v) is 2.79. The van der Waals surface area contributed by atoms with Gasteiger partial charge in [-0.3, -0.25) is 9.59 Å². The second-order valence-corrected chi connectivity index (χ2v) is 6.15. The highest BCUT2D eigenvalue weighted by Gasteiger charge is 2.41. The van der Waals surface area contributed by atoms with Crippen molar-refractivity contribution in [2.45, 2.75) is 32.6 Å². The molecule has 1 aromatic heterocycles. The maximum Gasteiger partial charge on any atom is 0.471 e. The molecule has 1 aromatic carbocycles. The maximum absolute atomic E-state index is 12.8. The summed E-state index contributed by atoms with van der Waals surface area (Å²) in [5.74, 6) is -4.89. The van der Waals surface area contributed by atoms with Crippen molar-refractivity contribution in [2.75, 3.05) is 23.3 Å². The summed E-state index contributed by atoms with van der Waals surface area (Å²) in [7, 11) is 0. The van der Waals surface area contributed by atoms with E-state index in [1.54, 1.807) is 0 Å². The zero-order valence-corrected chi connectivity index (χ0v) is 15.7. The van der Waals surface area contributed by atoms with Crippen LogP contribution in [-0.4, -0.2) is 37.1 Å². The molecule has 30 heavy (non-hydrogen) atoms. The van der Waals surface area contributed by atoms with E-state index in [2.05, 4.69) is 0 Å². The summed E-state index contributed by atoms with van der Waals surface area (Å²) >= 11 is 0. The van der Waals surface area contributed by atoms with Gasteiger partial charge < -0.3 is 14.6 Å². The molecule has 0 unspecified atom stereocenters. The predicted molar refractivity (Wildman–Crippen MR) is 95.5 cm³/mol. The summed E-state index contributed by atoms with van der Waals surface area (Å²) in [6.45, 7) is 4.75. The van der Waals surface area contributed by atoms with Gasteiger partial charge in [-0.1, -0.05) is 0 Å². The van der Waals surface area contributed by atoms with Gasteiger partial charge in [0, 0.05) is 42.2 Å². The average molecular weight is 438 g/mol. The van der Waals surface area contributed by atoms with Gasteiger partial charge in [-0.25, -0.2) is 4.79 Å². The lowest BCUT2D eigenvalue weighted by atomic mass is 10.0. The molecule has 2 rings (SSSR count). The molecule has 0 aliphatic rings. The number of nitrogens with zero attached hydrogens (tertiary/aromatic N) is 1. The summed E-state index contributed by atoms with van der Waals surface area (Å²) < 4.78 is 81.0. The molecule has 12 heteroatoms. The molecule has 0 atom stereocenters. The minimum Gasteiger partial charge on any atom is -0.421 e. The second-order valence-electron chi connectivity index (χ2n) is 6.15. The van der Waals surface area contributed by atoms with Gasteiger partial charge >= 0.3 is 23.9 Å². The molecule has 0 radical (unpaired) electrons. The Balaban J connectivity index is 2.72. The highest BCUT2D eigenvalue weighted by atomic mass is 19.4. The molecule has 0 aliphatic carbocycles. The summed E-state index contributed by atoms with van der Waals surface area (Å²) in [5, 5.41) is 1.02. The molecule has 0 saturated heterocycles. The summed E-state index contributed by atoms with van der Waals surface area (Å²) in [4.78, 5) is 36.8. The fraction of sp³-hybridized carbons (Fsp3) is 0.389. The molecule has 0 spiro atoms. The molecule has 164 valence electrons. The Morgan fingerprint density at radius 2 is 1.63 bits per heavy atom. The topological polar surface area (TPSA) is 79.6 Å². The van der Waals surface area contributed by atoms with Crippen LogP contribution in [0.3, 0.4) is 0 Å². The number of rotatable bonds is 6. The van der Waals surface area contributed by atoms with Crippen LogP contribution in [0.4, 0.5) is 37.7 Å². The number of carbonyl (C=O) groups excluding carboxylic acids is 2. The number of benzene rings is 1. The van der Waals surface area contributed by atoms with Crippen molar-refractivity contribution in [3.05, 3.63) is 34.2 Å². The van der Waals surface area contributed by atoms with Crippen molar-refractivity contribution < 1.29 is 40.3 Å². The van der Waals surface area contributed by atoms with Crippen molar-refractivity contribution in [3.8, 4) is 0 Å². The van der Waals surface area contributed by atoms with Crippen LogP contribution in [0.5, 0.6) is 0 Å². The standard InChI is InChI=1S/C18H16F6N2O4/c1-3-26(4-2)9-5-6-10-11(8-13(27)17(19,20)21)14(15(28)30-12(10)7-9)25-16(29)18(22,23)24/h5-7H,3-4,8H2,1-2H3,(H,25,29). The minimum atomic E-state index is -5.42. The Labute approximate surface area is 165 Å². The second kappa shape index (κ2) is 8.36. The molecule has 1 amide bonds. The Kier molecular flexibility index (Phi) is 6.48. The maximum atomic E-state index is 12.8.